The molecule has 4 rings (SSSR count). The lowest BCUT2D eigenvalue weighted by molar-refractivity contribution is 0.238. The van der Waals surface area contributed by atoms with E-state index in [4.69, 9.17) is 16.3 Å². The van der Waals surface area contributed by atoms with Crippen LogP contribution in [0.1, 0.15) is 18.4 Å². The second-order valence-corrected chi connectivity index (χ2v) is 7.17. The normalized spacial score (nSPS) is 15.1. The van der Waals surface area contributed by atoms with E-state index in [-0.39, 0.29) is 0 Å². The zero-order valence-electron chi connectivity index (χ0n) is 14.5. The molecule has 130 valence electrons. The summed E-state index contributed by atoms with van der Waals surface area (Å²) in [6.07, 6.45) is 2.65. The quantitative estimate of drug-likeness (QED) is 0.676. The second kappa shape index (κ2) is 7.11. The summed E-state index contributed by atoms with van der Waals surface area (Å²) in [5, 5.41) is 1.94. The van der Waals surface area contributed by atoms with Gasteiger partial charge < -0.3 is 9.72 Å². The molecule has 3 aromatic rings. The third kappa shape index (κ3) is 3.53. The highest BCUT2D eigenvalue weighted by Gasteiger charge is 2.12. The minimum absolute atomic E-state index is 0.753. The Kier molecular flexibility index (Phi) is 4.69. The minimum atomic E-state index is 0.753. The molecule has 0 unspecified atom stereocenters. The molecule has 1 N–H and O–H groups in total. The third-order valence-corrected chi connectivity index (χ3v) is 5.27. The van der Waals surface area contributed by atoms with Gasteiger partial charge in [-0.1, -0.05) is 11.6 Å². The number of aryl methyl sites for hydroxylation is 1. The molecule has 3 nitrogen and oxygen atoms in total. The van der Waals surface area contributed by atoms with Crippen molar-refractivity contribution >= 4 is 22.5 Å². The van der Waals surface area contributed by atoms with Crippen LogP contribution in [0.2, 0.25) is 5.02 Å². The number of halogens is 1. The zero-order valence-corrected chi connectivity index (χ0v) is 15.3. The van der Waals surface area contributed by atoms with Gasteiger partial charge in [0.25, 0.3) is 0 Å². The molecule has 1 fully saturated rings. The number of aromatic amines is 1. The summed E-state index contributed by atoms with van der Waals surface area (Å²) < 4.78 is 5.89. The van der Waals surface area contributed by atoms with Gasteiger partial charge in [0.05, 0.1) is 0 Å². The van der Waals surface area contributed by atoms with Crippen LogP contribution < -0.4 is 4.74 Å². The predicted molar refractivity (Wildman–Crippen MR) is 105 cm³/mol. The summed E-state index contributed by atoms with van der Waals surface area (Å²) in [5.74, 6) is 0.930. The van der Waals surface area contributed by atoms with Crippen molar-refractivity contribution in [2.45, 2.75) is 19.8 Å². The molecule has 1 saturated heterocycles. The number of nitrogens with zero attached hydrogens (tertiary/aromatic N) is 1. The molecule has 1 aromatic heterocycles. The lowest BCUT2D eigenvalue weighted by atomic mass is 10.1. The van der Waals surface area contributed by atoms with Crippen molar-refractivity contribution in [1.82, 2.24) is 9.88 Å². The largest absolute Gasteiger partial charge is 0.492 e. The molecule has 0 radical (unpaired) electrons. The van der Waals surface area contributed by atoms with Gasteiger partial charge in [0, 0.05) is 28.2 Å². The van der Waals surface area contributed by atoms with Gasteiger partial charge in [-0.3, -0.25) is 4.90 Å². The van der Waals surface area contributed by atoms with Gasteiger partial charge in [0.2, 0.25) is 0 Å². The third-order valence-electron chi connectivity index (χ3n) is 5.04. The number of aromatic nitrogens is 1. The molecule has 0 saturated carbocycles. The van der Waals surface area contributed by atoms with E-state index in [1.54, 1.807) is 0 Å². The molecule has 0 atom stereocenters. The summed E-state index contributed by atoms with van der Waals surface area (Å²) in [7, 11) is 0. The van der Waals surface area contributed by atoms with E-state index in [0.29, 0.717) is 0 Å². The van der Waals surface area contributed by atoms with E-state index in [1.807, 2.05) is 18.2 Å². The fourth-order valence-electron chi connectivity index (χ4n) is 3.60. The van der Waals surface area contributed by atoms with Gasteiger partial charge in [-0.25, -0.2) is 0 Å². The lowest BCUT2D eigenvalue weighted by Crippen LogP contribution is -2.25. The number of hydrogen-bond acceptors (Lipinski definition) is 2. The van der Waals surface area contributed by atoms with Crippen LogP contribution in [0.5, 0.6) is 5.75 Å². The monoisotopic (exact) mass is 354 g/mol. The van der Waals surface area contributed by atoms with E-state index in [2.05, 4.69) is 41.1 Å². The van der Waals surface area contributed by atoms with Crippen LogP contribution in [0.4, 0.5) is 0 Å². The molecule has 0 aliphatic carbocycles. The van der Waals surface area contributed by atoms with Crippen LogP contribution in [0.15, 0.2) is 42.5 Å². The highest BCUT2D eigenvalue weighted by atomic mass is 35.5. The van der Waals surface area contributed by atoms with Crippen molar-refractivity contribution in [3.8, 4) is 17.0 Å². The first kappa shape index (κ1) is 16.5. The summed E-state index contributed by atoms with van der Waals surface area (Å²) in [5.41, 5.74) is 4.64. The highest BCUT2D eigenvalue weighted by molar-refractivity contribution is 6.31. The highest BCUT2D eigenvalue weighted by Crippen LogP contribution is 2.32. The summed E-state index contributed by atoms with van der Waals surface area (Å²) in [4.78, 5) is 5.97. The van der Waals surface area contributed by atoms with Gasteiger partial charge in [0.15, 0.2) is 0 Å². The van der Waals surface area contributed by atoms with Crippen LogP contribution in [0.25, 0.3) is 22.2 Å². The van der Waals surface area contributed by atoms with Crippen molar-refractivity contribution in [3.05, 3.63) is 53.1 Å². The number of rotatable bonds is 5. The minimum Gasteiger partial charge on any atom is -0.492 e. The predicted octanol–water partition coefficient (Wildman–Crippen LogP) is 5.27. The molecule has 0 amide bonds. The molecule has 0 bridgehead atoms. The lowest BCUT2D eigenvalue weighted by Gasteiger charge is -2.15. The maximum absolute atomic E-state index is 6.13. The second-order valence-electron chi connectivity index (χ2n) is 6.74. The first-order chi connectivity index (χ1) is 12.2. The summed E-state index contributed by atoms with van der Waals surface area (Å²) >= 11 is 6.13. The first-order valence-corrected chi connectivity index (χ1v) is 9.32. The van der Waals surface area contributed by atoms with E-state index in [0.717, 1.165) is 40.7 Å². The molecule has 25 heavy (non-hydrogen) atoms. The molecular formula is C21H23ClN2O. The zero-order chi connectivity index (χ0) is 17.2. The number of ether oxygens (including phenoxy) is 1. The summed E-state index contributed by atoms with van der Waals surface area (Å²) in [6, 6.07) is 14.3. The standard InChI is InChI=1S/C21H23ClN2O/c1-15-19-14-17(22)6-9-20(19)23-21(15)16-4-7-18(8-5-16)25-13-12-24-10-2-3-11-24/h4-9,14,23H,2-3,10-13H2,1H3. The van der Waals surface area contributed by atoms with Crippen LogP contribution in [-0.4, -0.2) is 36.1 Å². The van der Waals surface area contributed by atoms with Crippen LogP contribution >= 0.6 is 11.6 Å². The number of H-pyrrole nitrogens is 1. The number of fused-ring (bicyclic) bond motifs is 1. The van der Waals surface area contributed by atoms with Crippen molar-refractivity contribution < 1.29 is 4.74 Å². The van der Waals surface area contributed by atoms with Crippen molar-refractivity contribution in [2.24, 2.45) is 0 Å². The van der Waals surface area contributed by atoms with E-state index >= 15 is 0 Å². The van der Waals surface area contributed by atoms with E-state index in [1.165, 1.54) is 36.9 Å². The van der Waals surface area contributed by atoms with Crippen molar-refractivity contribution in [2.75, 3.05) is 26.2 Å². The van der Waals surface area contributed by atoms with Gasteiger partial charge >= 0.3 is 0 Å². The molecule has 2 aromatic carbocycles. The van der Waals surface area contributed by atoms with Crippen LogP contribution in [0.3, 0.4) is 0 Å². The van der Waals surface area contributed by atoms with Crippen LogP contribution in [0, 0.1) is 6.92 Å². The van der Waals surface area contributed by atoms with Crippen molar-refractivity contribution in [3.63, 3.8) is 0 Å². The molecule has 0 spiro atoms. The maximum atomic E-state index is 6.13. The number of likely N-dealkylation sites (tertiary alicyclic amines) is 1. The number of benzene rings is 2. The Balaban J connectivity index is 1.47. The number of hydrogen-bond donors (Lipinski definition) is 1. The fraction of sp³-hybridized carbons (Fsp3) is 0.333. The first-order valence-electron chi connectivity index (χ1n) is 8.94. The van der Waals surface area contributed by atoms with Gasteiger partial charge in [-0.05, 0) is 86.4 Å². The van der Waals surface area contributed by atoms with Crippen LogP contribution in [-0.2, 0) is 0 Å². The SMILES string of the molecule is Cc1c(-c2ccc(OCCN3CCCC3)cc2)[nH]c2ccc(Cl)cc12. The average Bonchev–Trinajstić information content (AvgIpc) is 3.24. The Labute approximate surface area is 153 Å². The van der Waals surface area contributed by atoms with E-state index < -0.39 is 0 Å². The number of nitrogens with one attached hydrogen (secondary N) is 1. The molecule has 4 heteroatoms. The maximum Gasteiger partial charge on any atom is 0.119 e. The van der Waals surface area contributed by atoms with Gasteiger partial charge in [0.1, 0.15) is 12.4 Å². The Hall–Kier alpha value is -1.97. The van der Waals surface area contributed by atoms with E-state index in [9.17, 15) is 0 Å². The topological polar surface area (TPSA) is 28.3 Å². The molecular weight excluding hydrogens is 332 g/mol. The Morgan fingerprint density at radius 3 is 2.60 bits per heavy atom. The Morgan fingerprint density at radius 1 is 1.08 bits per heavy atom. The fourth-order valence-corrected chi connectivity index (χ4v) is 3.78. The van der Waals surface area contributed by atoms with Gasteiger partial charge in [-0.15, -0.1) is 0 Å². The Morgan fingerprint density at radius 2 is 1.84 bits per heavy atom. The Bertz CT molecular complexity index is 863. The average molecular weight is 355 g/mol. The summed E-state index contributed by atoms with van der Waals surface area (Å²) in [6.45, 7) is 6.33. The van der Waals surface area contributed by atoms with Gasteiger partial charge in [-0.2, -0.15) is 0 Å². The smallest absolute Gasteiger partial charge is 0.119 e. The molecule has 1 aliphatic rings. The van der Waals surface area contributed by atoms with Crippen molar-refractivity contribution in [1.29, 1.82) is 0 Å². The molecule has 2 heterocycles. The molecule has 1 aliphatic heterocycles.